The van der Waals surface area contributed by atoms with Crippen LogP contribution in [0.3, 0.4) is 0 Å². The number of rotatable bonds is 4. The zero-order chi connectivity index (χ0) is 11.3. The van der Waals surface area contributed by atoms with E-state index in [1.165, 1.54) is 0 Å². The highest BCUT2D eigenvalue weighted by Crippen LogP contribution is 2.05. The van der Waals surface area contributed by atoms with Gasteiger partial charge in [-0.1, -0.05) is 13.0 Å². The molecule has 0 aliphatic heterocycles. The van der Waals surface area contributed by atoms with Gasteiger partial charge < -0.3 is 11.1 Å². The first kappa shape index (κ1) is 11.7. The monoisotopic (exact) mass is 207 g/mol. The molecule has 0 aliphatic carbocycles. The van der Waals surface area contributed by atoms with E-state index in [4.69, 9.17) is 5.73 Å². The van der Waals surface area contributed by atoms with Gasteiger partial charge in [-0.2, -0.15) is 0 Å². The van der Waals surface area contributed by atoms with Crippen molar-refractivity contribution >= 4 is 5.91 Å². The first-order chi connectivity index (χ1) is 7.15. The minimum absolute atomic E-state index is 0.150. The highest BCUT2D eigenvalue weighted by molar-refractivity contribution is 5.80. The summed E-state index contributed by atoms with van der Waals surface area (Å²) in [6.45, 7) is 4.17. The van der Waals surface area contributed by atoms with Gasteiger partial charge in [0.25, 0.3) is 0 Å². The van der Waals surface area contributed by atoms with E-state index >= 15 is 0 Å². The van der Waals surface area contributed by atoms with Crippen molar-refractivity contribution in [3.05, 3.63) is 29.6 Å². The summed E-state index contributed by atoms with van der Waals surface area (Å²) in [5, 5.41) is 2.75. The fourth-order valence-corrected chi connectivity index (χ4v) is 1.28. The Morgan fingerprint density at radius 3 is 3.00 bits per heavy atom. The standard InChI is InChI=1S/C11H17N3O/c1-3-9-5-4-6-13-10(9)7-14-11(15)8(2)12/h4-6,8H,3,7,12H2,1-2H3,(H,14,15)/t8-/m0/s1. The molecule has 0 spiro atoms. The number of carbonyl (C=O) groups excluding carboxylic acids is 1. The van der Waals surface area contributed by atoms with Crippen LogP contribution in [0, 0.1) is 0 Å². The van der Waals surface area contributed by atoms with Gasteiger partial charge >= 0.3 is 0 Å². The molecule has 1 rings (SSSR count). The van der Waals surface area contributed by atoms with Gasteiger partial charge in [-0.3, -0.25) is 9.78 Å². The minimum Gasteiger partial charge on any atom is -0.349 e. The van der Waals surface area contributed by atoms with Crippen LogP contribution in [0.4, 0.5) is 0 Å². The van der Waals surface area contributed by atoms with Gasteiger partial charge in [0.1, 0.15) is 0 Å². The summed E-state index contributed by atoms with van der Waals surface area (Å²) in [6, 6.07) is 3.44. The minimum atomic E-state index is -0.473. The molecule has 1 aromatic heterocycles. The van der Waals surface area contributed by atoms with Crippen LogP contribution >= 0.6 is 0 Å². The van der Waals surface area contributed by atoms with Gasteiger partial charge in [-0.05, 0) is 25.0 Å². The Bertz CT molecular complexity index is 336. The lowest BCUT2D eigenvalue weighted by Gasteiger charge is -2.09. The summed E-state index contributed by atoms with van der Waals surface area (Å²) < 4.78 is 0. The van der Waals surface area contributed by atoms with Gasteiger partial charge in [0, 0.05) is 6.20 Å². The van der Waals surface area contributed by atoms with E-state index in [0.717, 1.165) is 17.7 Å². The van der Waals surface area contributed by atoms with E-state index in [9.17, 15) is 4.79 Å². The molecule has 1 amide bonds. The molecule has 4 heteroatoms. The maximum absolute atomic E-state index is 11.3. The van der Waals surface area contributed by atoms with Gasteiger partial charge in [0.05, 0.1) is 18.3 Å². The fraction of sp³-hybridized carbons (Fsp3) is 0.455. The molecular formula is C11H17N3O. The van der Waals surface area contributed by atoms with Gasteiger partial charge in [-0.25, -0.2) is 0 Å². The lowest BCUT2D eigenvalue weighted by Crippen LogP contribution is -2.38. The Balaban J connectivity index is 2.61. The molecular weight excluding hydrogens is 190 g/mol. The molecule has 1 atom stereocenters. The molecule has 4 nitrogen and oxygen atoms in total. The molecule has 3 N–H and O–H groups in total. The summed E-state index contributed by atoms with van der Waals surface area (Å²) in [6.07, 6.45) is 2.64. The largest absolute Gasteiger partial charge is 0.349 e. The maximum atomic E-state index is 11.3. The zero-order valence-electron chi connectivity index (χ0n) is 9.16. The number of aromatic nitrogens is 1. The number of carbonyl (C=O) groups is 1. The Morgan fingerprint density at radius 1 is 1.67 bits per heavy atom. The average molecular weight is 207 g/mol. The predicted octanol–water partition coefficient (Wildman–Crippen LogP) is 0.607. The predicted molar refractivity (Wildman–Crippen MR) is 59.1 cm³/mol. The van der Waals surface area contributed by atoms with Crippen LogP contribution in [0.15, 0.2) is 18.3 Å². The van der Waals surface area contributed by atoms with Crippen LogP contribution < -0.4 is 11.1 Å². The van der Waals surface area contributed by atoms with Crippen LogP contribution in [0.2, 0.25) is 0 Å². The third-order valence-corrected chi connectivity index (χ3v) is 2.21. The normalized spacial score (nSPS) is 12.2. The molecule has 1 heterocycles. The molecule has 0 unspecified atom stereocenters. The summed E-state index contributed by atoms with van der Waals surface area (Å²) in [5.41, 5.74) is 7.50. The second-order valence-electron chi connectivity index (χ2n) is 3.47. The third-order valence-electron chi connectivity index (χ3n) is 2.21. The molecule has 0 bridgehead atoms. The Morgan fingerprint density at radius 2 is 2.40 bits per heavy atom. The van der Waals surface area contributed by atoms with Crippen molar-refractivity contribution in [2.45, 2.75) is 32.9 Å². The van der Waals surface area contributed by atoms with Crippen molar-refractivity contribution in [2.75, 3.05) is 0 Å². The van der Waals surface area contributed by atoms with Crippen LogP contribution in [0.1, 0.15) is 25.1 Å². The van der Waals surface area contributed by atoms with E-state index in [-0.39, 0.29) is 5.91 Å². The van der Waals surface area contributed by atoms with Gasteiger partial charge in [-0.15, -0.1) is 0 Å². The molecule has 82 valence electrons. The van der Waals surface area contributed by atoms with Gasteiger partial charge in [0.2, 0.25) is 5.91 Å². The van der Waals surface area contributed by atoms with Crippen molar-refractivity contribution in [1.82, 2.24) is 10.3 Å². The van der Waals surface area contributed by atoms with E-state index in [2.05, 4.69) is 17.2 Å². The Kier molecular flexibility index (Phi) is 4.24. The first-order valence-corrected chi connectivity index (χ1v) is 5.11. The second kappa shape index (κ2) is 5.46. The molecule has 15 heavy (non-hydrogen) atoms. The van der Waals surface area contributed by atoms with Crippen LogP contribution in [0.25, 0.3) is 0 Å². The number of pyridine rings is 1. The summed E-state index contributed by atoms with van der Waals surface area (Å²) in [7, 11) is 0. The van der Waals surface area contributed by atoms with Crippen molar-refractivity contribution in [3.8, 4) is 0 Å². The van der Waals surface area contributed by atoms with Crippen molar-refractivity contribution < 1.29 is 4.79 Å². The number of nitrogens with zero attached hydrogens (tertiary/aromatic N) is 1. The van der Waals surface area contributed by atoms with Crippen molar-refractivity contribution in [1.29, 1.82) is 0 Å². The van der Waals surface area contributed by atoms with E-state index in [0.29, 0.717) is 6.54 Å². The number of aryl methyl sites for hydroxylation is 1. The lowest BCUT2D eigenvalue weighted by molar-refractivity contribution is -0.122. The smallest absolute Gasteiger partial charge is 0.236 e. The highest BCUT2D eigenvalue weighted by Gasteiger charge is 2.08. The molecule has 0 aromatic carbocycles. The van der Waals surface area contributed by atoms with E-state index in [1.54, 1.807) is 13.1 Å². The number of nitrogens with one attached hydrogen (secondary N) is 1. The number of hydrogen-bond donors (Lipinski definition) is 2. The third kappa shape index (κ3) is 3.32. The van der Waals surface area contributed by atoms with Crippen LogP contribution in [0.5, 0.6) is 0 Å². The summed E-state index contributed by atoms with van der Waals surface area (Å²) in [5.74, 6) is -0.150. The average Bonchev–Trinajstić information content (AvgIpc) is 2.26. The number of nitrogens with two attached hydrogens (primary N) is 1. The Hall–Kier alpha value is -1.42. The van der Waals surface area contributed by atoms with Crippen molar-refractivity contribution in [3.63, 3.8) is 0 Å². The van der Waals surface area contributed by atoms with E-state index < -0.39 is 6.04 Å². The van der Waals surface area contributed by atoms with E-state index in [1.807, 2.05) is 12.1 Å². The summed E-state index contributed by atoms with van der Waals surface area (Å²) in [4.78, 5) is 15.5. The first-order valence-electron chi connectivity index (χ1n) is 5.11. The molecule has 0 aliphatic rings. The molecule has 1 aromatic rings. The number of amides is 1. The summed E-state index contributed by atoms with van der Waals surface area (Å²) >= 11 is 0. The SMILES string of the molecule is CCc1cccnc1CNC(=O)[C@H](C)N. The Labute approximate surface area is 89.9 Å². The second-order valence-corrected chi connectivity index (χ2v) is 3.47. The molecule has 0 radical (unpaired) electrons. The molecule has 0 saturated carbocycles. The van der Waals surface area contributed by atoms with Crippen molar-refractivity contribution in [2.24, 2.45) is 5.73 Å². The maximum Gasteiger partial charge on any atom is 0.236 e. The molecule has 0 saturated heterocycles. The van der Waals surface area contributed by atoms with Crippen LogP contribution in [-0.4, -0.2) is 16.9 Å². The lowest BCUT2D eigenvalue weighted by atomic mass is 10.1. The van der Waals surface area contributed by atoms with Gasteiger partial charge in [0.15, 0.2) is 0 Å². The highest BCUT2D eigenvalue weighted by atomic mass is 16.2. The zero-order valence-corrected chi connectivity index (χ0v) is 9.16. The number of hydrogen-bond acceptors (Lipinski definition) is 3. The molecule has 0 fully saturated rings. The van der Waals surface area contributed by atoms with Crippen LogP contribution in [-0.2, 0) is 17.8 Å². The fourth-order valence-electron chi connectivity index (χ4n) is 1.28. The topological polar surface area (TPSA) is 68.0 Å². The quantitative estimate of drug-likeness (QED) is 0.760.